The van der Waals surface area contributed by atoms with Gasteiger partial charge in [-0.05, 0) is 25.8 Å². The molecule has 90 valence electrons. The Kier molecular flexibility index (Phi) is 5.86. The summed E-state index contributed by atoms with van der Waals surface area (Å²) in [5.41, 5.74) is 0. The van der Waals surface area contributed by atoms with Gasteiger partial charge in [0.25, 0.3) is 0 Å². The van der Waals surface area contributed by atoms with Crippen LogP contribution in [-0.2, 0) is 6.54 Å². The second-order valence-corrected chi connectivity index (χ2v) is 4.01. The third-order valence-corrected chi connectivity index (χ3v) is 2.57. The van der Waals surface area contributed by atoms with Crippen molar-refractivity contribution in [2.45, 2.75) is 45.7 Å². The summed E-state index contributed by atoms with van der Waals surface area (Å²) in [7, 11) is 0. The van der Waals surface area contributed by atoms with Crippen LogP contribution < -0.4 is 5.32 Å². The van der Waals surface area contributed by atoms with Crippen molar-refractivity contribution in [3.8, 4) is 0 Å². The van der Waals surface area contributed by atoms with Crippen molar-refractivity contribution in [2.75, 3.05) is 6.54 Å². The molecule has 0 aliphatic heterocycles. The van der Waals surface area contributed by atoms with Crippen molar-refractivity contribution < 1.29 is 0 Å². The second kappa shape index (κ2) is 7.23. The van der Waals surface area contributed by atoms with Gasteiger partial charge in [-0.25, -0.2) is 4.98 Å². The number of nitrogens with one attached hydrogen (secondary N) is 1. The van der Waals surface area contributed by atoms with Crippen LogP contribution in [0.25, 0.3) is 0 Å². The minimum atomic E-state index is 0.305. The highest BCUT2D eigenvalue weighted by Crippen LogP contribution is 2.15. The van der Waals surface area contributed by atoms with Gasteiger partial charge in [-0.2, -0.15) is 0 Å². The summed E-state index contributed by atoms with van der Waals surface area (Å²) in [5.74, 6) is 1.13. The fourth-order valence-corrected chi connectivity index (χ4v) is 1.83. The first-order valence-corrected chi connectivity index (χ1v) is 6.18. The maximum Gasteiger partial charge on any atom is 0.126 e. The molecule has 3 nitrogen and oxygen atoms in total. The molecular weight excluding hydrogens is 198 g/mol. The maximum absolute atomic E-state index is 4.46. The molecule has 1 heterocycles. The van der Waals surface area contributed by atoms with E-state index in [1.54, 1.807) is 0 Å². The van der Waals surface area contributed by atoms with Gasteiger partial charge in [0.15, 0.2) is 0 Å². The van der Waals surface area contributed by atoms with Crippen molar-refractivity contribution in [1.82, 2.24) is 14.9 Å². The molecule has 0 radical (unpaired) electrons. The zero-order valence-electron chi connectivity index (χ0n) is 10.4. The van der Waals surface area contributed by atoms with Crippen LogP contribution in [0.3, 0.4) is 0 Å². The number of hydrogen-bond acceptors (Lipinski definition) is 2. The second-order valence-electron chi connectivity index (χ2n) is 4.01. The summed E-state index contributed by atoms with van der Waals surface area (Å²) in [6.45, 7) is 10.2. The van der Waals surface area contributed by atoms with Crippen LogP contribution in [0, 0.1) is 0 Å². The van der Waals surface area contributed by atoms with E-state index >= 15 is 0 Å². The fourth-order valence-electron chi connectivity index (χ4n) is 1.83. The minimum absolute atomic E-state index is 0.305. The van der Waals surface area contributed by atoms with Crippen molar-refractivity contribution in [3.05, 3.63) is 30.9 Å². The Balaban J connectivity index is 2.73. The van der Waals surface area contributed by atoms with Gasteiger partial charge >= 0.3 is 0 Å². The molecule has 0 amide bonds. The standard InChI is InChI=1S/C13H23N3/c1-4-7-12(14-8-5-2)13-15-9-11-16(13)10-6-3/h4,9,11-12,14H,1,5-8,10H2,2-3H3. The molecule has 3 heteroatoms. The van der Waals surface area contributed by atoms with Crippen molar-refractivity contribution in [1.29, 1.82) is 0 Å². The van der Waals surface area contributed by atoms with Gasteiger partial charge in [-0.3, -0.25) is 0 Å². The summed E-state index contributed by atoms with van der Waals surface area (Å²) < 4.78 is 2.23. The van der Waals surface area contributed by atoms with Gasteiger partial charge in [0.2, 0.25) is 0 Å². The monoisotopic (exact) mass is 221 g/mol. The van der Waals surface area contributed by atoms with Crippen LogP contribution in [0.5, 0.6) is 0 Å². The lowest BCUT2D eigenvalue weighted by Gasteiger charge is -2.17. The molecular formula is C13H23N3. The van der Waals surface area contributed by atoms with Gasteiger partial charge < -0.3 is 9.88 Å². The first-order valence-electron chi connectivity index (χ1n) is 6.18. The molecule has 16 heavy (non-hydrogen) atoms. The van der Waals surface area contributed by atoms with Crippen LogP contribution in [-0.4, -0.2) is 16.1 Å². The van der Waals surface area contributed by atoms with E-state index < -0.39 is 0 Å². The lowest BCUT2D eigenvalue weighted by molar-refractivity contribution is 0.482. The highest BCUT2D eigenvalue weighted by molar-refractivity contribution is 5.01. The lowest BCUT2D eigenvalue weighted by Crippen LogP contribution is -2.24. The maximum atomic E-state index is 4.46. The van der Waals surface area contributed by atoms with Crippen molar-refractivity contribution >= 4 is 0 Å². The molecule has 1 atom stereocenters. The number of imidazole rings is 1. The van der Waals surface area contributed by atoms with E-state index in [1.807, 2.05) is 12.3 Å². The van der Waals surface area contributed by atoms with E-state index in [9.17, 15) is 0 Å². The van der Waals surface area contributed by atoms with E-state index in [1.165, 1.54) is 0 Å². The topological polar surface area (TPSA) is 29.9 Å². The highest BCUT2D eigenvalue weighted by atomic mass is 15.1. The molecule has 0 fully saturated rings. The molecule has 1 aromatic heterocycles. The van der Waals surface area contributed by atoms with Gasteiger partial charge in [-0.1, -0.05) is 19.9 Å². The first kappa shape index (κ1) is 13.0. The van der Waals surface area contributed by atoms with Gasteiger partial charge in [0.1, 0.15) is 5.82 Å². The van der Waals surface area contributed by atoms with E-state index in [0.29, 0.717) is 6.04 Å². The average molecular weight is 221 g/mol. The molecule has 0 aliphatic rings. The molecule has 0 spiro atoms. The Bertz CT molecular complexity index is 304. The zero-order chi connectivity index (χ0) is 11.8. The largest absolute Gasteiger partial charge is 0.334 e. The Morgan fingerprint density at radius 2 is 2.31 bits per heavy atom. The minimum Gasteiger partial charge on any atom is -0.334 e. The molecule has 0 bridgehead atoms. The van der Waals surface area contributed by atoms with Gasteiger partial charge in [0, 0.05) is 18.9 Å². The van der Waals surface area contributed by atoms with E-state index in [0.717, 1.165) is 38.2 Å². The molecule has 0 aliphatic carbocycles. The Labute approximate surface area is 98.6 Å². The van der Waals surface area contributed by atoms with Crippen LogP contribution in [0.2, 0.25) is 0 Å². The molecule has 0 aromatic carbocycles. The van der Waals surface area contributed by atoms with Gasteiger partial charge in [-0.15, -0.1) is 6.58 Å². The number of aryl methyl sites for hydroxylation is 1. The van der Waals surface area contributed by atoms with Crippen LogP contribution >= 0.6 is 0 Å². The normalized spacial score (nSPS) is 12.6. The van der Waals surface area contributed by atoms with Crippen LogP contribution in [0.4, 0.5) is 0 Å². The summed E-state index contributed by atoms with van der Waals surface area (Å²) in [4.78, 5) is 4.46. The molecule has 0 saturated heterocycles. The molecule has 1 aromatic rings. The molecule has 0 saturated carbocycles. The third-order valence-electron chi connectivity index (χ3n) is 2.57. The first-order chi connectivity index (χ1) is 7.83. The fraction of sp³-hybridized carbons (Fsp3) is 0.615. The number of aromatic nitrogens is 2. The summed E-state index contributed by atoms with van der Waals surface area (Å²) in [5, 5.41) is 3.52. The molecule has 1 unspecified atom stereocenters. The Hall–Kier alpha value is -1.09. The average Bonchev–Trinajstić information content (AvgIpc) is 2.73. The zero-order valence-corrected chi connectivity index (χ0v) is 10.4. The van der Waals surface area contributed by atoms with Crippen LogP contribution in [0.15, 0.2) is 25.0 Å². The Morgan fingerprint density at radius 1 is 1.50 bits per heavy atom. The summed E-state index contributed by atoms with van der Waals surface area (Å²) >= 11 is 0. The lowest BCUT2D eigenvalue weighted by atomic mass is 10.2. The smallest absolute Gasteiger partial charge is 0.126 e. The Morgan fingerprint density at radius 3 is 2.94 bits per heavy atom. The van der Waals surface area contributed by atoms with E-state index in [-0.39, 0.29) is 0 Å². The SMILES string of the molecule is C=CCC(NCCC)c1nccn1CCC. The van der Waals surface area contributed by atoms with Gasteiger partial charge in [0.05, 0.1) is 6.04 Å². The number of nitrogens with zero attached hydrogens (tertiary/aromatic N) is 2. The van der Waals surface area contributed by atoms with E-state index in [2.05, 4.69) is 41.5 Å². The van der Waals surface area contributed by atoms with Crippen molar-refractivity contribution in [2.24, 2.45) is 0 Å². The predicted molar refractivity (Wildman–Crippen MR) is 68.4 cm³/mol. The van der Waals surface area contributed by atoms with Crippen LogP contribution in [0.1, 0.15) is 45.0 Å². The quantitative estimate of drug-likeness (QED) is 0.684. The summed E-state index contributed by atoms with van der Waals surface area (Å²) in [6, 6.07) is 0.305. The highest BCUT2D eigenvalue weighted by Gasteiger charge is 2.14. The van der Waals surface area contributed by atoms with Crippen molar-refractivity contribution in [3.63, 3.8) is 0 Å². The number of rotatable bonds is 8. The molecule has 1 rings (SSSR count). The summed E-state index contributed by atoms with van der Waals surface area (Å²) in [6.07, 6.45) is 9.11. The number of hydrogen-bond donors (Lipinski definition) is 1. The predicted octanol–water partition coefficient (Wildman–Crippen LogP) is 2.91. The van der Waals surface area contributed by atoms with E-state index in [4.69, 9.17) is 0 Å². The molecule has 1 N–H and O–H groups in total. The third kappa shape index (κ3) is 3.49.